The molecule has 0 amide bonds. The third-order valence-corrected chi connectivity index (χ3v) is 14.3. The number of fused-ring (bicyclic) bond motifs is 3. The molecule has 0 bridgehead atoms. The van der Waals surface area contributed by atoms with E-state index in [9.17, 15) is 81.4 Å². The Labute approximate surface area is 404 Å². The van der Waals surface area contributed by atoms with E-state index in [-0.39, 0.29) is 50.8 Å². The molecular formula is C49H45NO20S. The fourth-order valence-corrected chi connectivity index (χ4v) is 10.9. The number of ether oxygens (including phenoxy) is 4. The molecule has 0 radical (unpaired) electrons. The minimum atomic E-state index is -1.97. The molecule has 10 atom stereocenters. The Hall–Kier alpha value is -8.02. The van der Waals surface area contributed by atoms with Crippen LogP contribution in [0, 0.1) is 0 Å². The summed E-state index contributed by atoms with van der Waals surface area (Å²) < 4.78 is 24.6. The van der Waals surface area contributed by atoms with Crippen LogP contribution in [0.15, 0.2) is 78.9 Å². The summed E-state index contributed by atoms with van der Waals surface area (Å²) in [5, 5.41) is 168. The largest absolute Gasteiger partial charge is 0.508 e. The van der Waals surface area contributed by atoms with Crippen LogP contribution in [0.25, 0.3) is 0 Å². The van der Waals surface area contributed by atoms with E-state index in [1.807, 2.05) is 0 Å². The maximum absolute atomic E-state index is 12.8. The first-order valence-electron chi connectivity index (χ1n) is 21.5. The van der Waals surface area contributed by atoms with E-state index in [2.05, 4.69) is 0 Å². The quantitative estimate of drug-likeness (QED) is 0.0846. The third-order valence-electron chi connectivity index (χ3n) is 12.9. The Morgan fingerprint density at radius 2 is 0.972 bits per heavy atom. The number of carboxylic acid groups (broad SMARTS) is 1. The summed E-state index contributed by atoms with van der Waals surface area (Å²) in [6.07, 6.45) is -10.3. The normalized spacial score (nSPS) is 23.7. The summed E-state index contributed by atoms with van der Waals surface area (Å²) in [5.41, 5.74) is 4.29. The second kappa shape index (κ2) is 18.1. The SMILES string of the molecule is COc1cc(C2Oc3c(c(O)cc(O)c3C3c4c(O)cc(O)cc4O[C@H](c4ccc(O)c(O)c4)C3O)C(c3c(O)cc(O)c4c3O[C@H](c3ccc(O)c(O)c3)C(O)C4SC[C@H](N)C(=O)O)C2O)ccc1O. The summed E-state index contributed by atoms with van der Waals surface area (Å²) in [6.45, 7) is 0. The summed E-state index contributed by atoms with van der Waals surface area (Å²) in [7, 11) is 1.25. The van der Waals surface area contributed by atoms with Crippen molar-refractivity contribution in [1.29, 1.82) is 0 Å². The van der Waals surface area contributed by atoms with Crippen LogP contribution < -0.4 is 24.7 Å². The lowest BCUT2D eigenvalue weighted by atomic mass is 9.73. The molecule has 372 valence electrons. The number of phenols is 11. The zero-order valence-electron chi connectivity index (χ0n) is 36.7. The van der Waals surface area contributed by atoms with Crippen LogP contribution in [-0.2, 0) is 4.79 Å². The number of methoxy groups -OCH3 is 1. The van der Waals surface area contributed by atoms with Crippen molar-refractivity contribution in [2.75, 3.05) is 12.9 Å². The number of phenolic OH excluding ortho intramolecular Hbond substituents is 11. The Bertz CT molecular complexity index is 3110. The molecule has 71 heavy (non-hydrogen) atoms. The van der Waals surface area contributed by atoms with Crippen molar-refractivity contribution in [3.05, 3.63) is 123 Å². The number of carbonyl (C=O) groups is 1. The fraction of sp³-hybridized carbons (Fsp3) is 0.245. The van der Waals surface area contributed by atoms with Crippen LogP contribution in [-0.4, -0.2) is 120 Å². The molecule has 21 nitrogen and oxygen atoms in total. The van der Waals surface area contributed by atoms with Gasteiger partial charge in [0.05, 0.1) is 29.8 Å². The maximum Gasteiger partial charge on any atom is 0.321 e. The first-order valence-corrected chi connectivity index (χ1v) is 22.5. The van der Waals surface area contributed by atoms with Crippen molar-refractivity contribution >= 4 is 17.7 Å². The molecule has 3 aliphatic heterocycles. The van der Waals surface area contributed by atoms with Gasteiger partial charge in [0.1, 0.15) is 76.1 Å². The summed E-state index contributed by atoms with van der Waals surface area (Å²) in [5.74, 6) is -13.5. The van der Waals surface area contributed by atoms with Crippen LogP contribution in [0.4, 0.5) is 0 Å². The molecule has 0 aromatic heterocycles. The zero-order valence-corrected chi connectivity index (χ0v) is 37.5. The molecule has 0 saturated heterocycles. The number of thioether (sulfide) groups is 1. The average Bonchev–Trinajstić information content (AvgIpc) is 3.31. The average molecular weight is 1000 g/mol. The van der Waals surface area contributed by atoms with E-state index in [0.717, 1.165) is 60.3 Å². The highest BCUT2D eigenvalue weighted by atomic mass is 32.2. The van der Waals surface area contributed by atoms with Gasteiger partial charge in [0.25, 0.3) is 0 Å². The first-order chi connectivity index (χ1) is 33.7. The second-order valence-electron chi connectivity index (χ2n) is 17.2. The minimum absolute atomic E-state index is 0.0203. The van der Waals surface area contributed by atoms with Crippen molar-refractivity contribution in [3.63, 3.8) is 0 Å². The van der Waals surface area contributed by atoms with Crippen molar-refractivity contribution in [3.8, 4) is 86.2 Å². The third kappa shape index (κ3) is 8.09. The number of aliphatic hydroxyl groups is 3. The summed E-state index contributed by atoms with van der Waals surface area (Å²) in [6, 6.07) is 13.0. The molecular weight excluding hydrogens is 955 g/mol. The lowest BCUT2D eigenvalue weighted by molar-refractivity contribution is -0.137. The van der Waals surface area contributed by atoms with Crippen LogP contribution in [0.3, 0.4) is 0 Å². The van der Waals surface area contributed by atoms with E-state index in [1.54, 1.807) is 0 Å². The summed E-state index contributed by atoms with van der Waals surface area (Å²) >= 11 is 0.770. The molecule has 22 heteroatoms. The molecule has 6 aromatic carbocycles. The van der Waals surface area contributed by atoms with Crippen molar-refractivity contribution in [2.45, 2.75) is 59.8 Å². The van der Waals surface area contributed by atoms with E-state index in [4.69, 9.17) is 24.7 Å². The number of hydrogen-bond donors (Lipinski definition) is 16. The van der Waals surface area contributed by atoms with E-state index in [0.29, 0.717) is 0 Å². The Morgan fingerprint density at radius 1 is 0.535 bits per heavy atom. The lowest BCUT2D eigenvalue weighted by Crippen LogP contribution is -2.39. The zero-order chi connectivity index (χ0) is 51.1. The monoisotopic (exact) mass is 999 g/mol. The maximum atomic E-state index is 12.8. The van der Waals surface area contributed by atoms with Crippen molar-refractivity contribution < 1.29 is 100 Å². The van der Waals surface area contributed by atoms with Crippen LogP contribution in [0.1, 0.15) is 79.9 Å². The highest BCUT2D eigenvalue weighted by Crippen LogP contribution is 2.64. The molecule has 0 aliphatic carbocycles. The molecule has 0 fully saturated rings. The van der Waals surface area contributed by atoms with Crippen molar-refractivity contribution in [1.82, 2.24) is 0 Å². The van der Waals surface area contributed by atoms with Gasteiger partial charge in [-0.3, -0.25) is 4.79 Å². The van der Waals surface area contributed by atoms with Gasteiger partial charge in [0, 0.05) is 52.3 Å². The predicted octanol–water partition coefficient (Wildman–Crippen LogP) is 4.39. The molecule has 3 aliphatic rings. The van der Waals surface area contributed by atoms with Gasteiger partial charge in [-0.05, 0) is 53.1 Å². The lowest BCUT2D eigenvalue weighted by Gasteiger charge is -2.44. The molecule has 0 saturated carbocycles. The number of aliphatic carboxylic acids is 1. The molecule has 17 N–H and O–H groups in total. The van der Waals surface area contributed by atoms with Gasteiger partial charge >= 0.3 is 5.97 Å². The molecule has 3 heterocycles. The first kappa shape index (κ1) is 48.0. The van der Waals surface area contributed by atoms with Crippen LogP contribution in [0.2, 0.25) is 0 Å². The number of nitrogens with two attached hydrogens (primary N) is 1. The van der Waals surface area contributed by atoms with Gasteiger partial charge in [-0.25, -0.2) is 0 Å². The number of hydrogen-bond acceptors (Lipinski definition) is 21. The topological polar surface area (TPSA) is 383 Å². The minimum Gasteiger partial charge on any atom is -0.508 e. The van der Waals surface area contributed by atoms with Gasteiger partial charge in [0.15, 0.2) is 52.8 Å². The van der Waals surface area contributed by atoms with E-state index < -0.39 is 151 Å². The Morgan fingerprint density at radius 3 is 1.48 bits per heavy atom. The number of carboxylic acids is 1. The van der Waals surface area contributed by atoms with Gasteiger partial charge in [-0.2, -0.15) is 0 Å². The fourth-order valence-electron chi connectivity index (χ4n) is 9.58. The van der Waals surface area contributed by atoms with E-state index in [1.165, 1.54) is 37.4 Å². The standard InChI is InChI=1S/C49H45NO20S/c1-67-31-10-18(4-7-23(31)54)44-41(63)39(36-29(60)14-30(61)37-47(36)70-45(17-3-6-22(53)25(56)9-17)42(64)48(37)71-15-20(50)49(65)66)35-28(59)13-27(58)34(46(35)69-44)38-33-26(57)11-19(51)12-32(33)68-43(40(38)62)16-2-5-21(52)24(55)8-16/h2-14,20,38-45,48,51-64H,15,50H2,1H3,(H,65,66)/t20-,38?,39?,40?,41?,42?,43+,44?,45+,48?/m0/s1. The number of aliphatic hydroxyl groups excluding tert-OH is 3. The molecule has 0 spiro atoms. The predicted molar refractivity (Wildman–Crippen MR) is 246 cm³/mol. The number of benzene rings is 6. The van der Waals surface area contributed by atoms with Gasteiger partial charge in [-0.1, -0.05) is 18.2 Å². The van der Waals surface area contributed by atoms with E-state index >= 15 is 0 Å². The van der Waals surface area contributed by atoms with Crippen LogP contribution in [0.5, 0.6) is 86.2 Å². The molecule has 9 rings (SSSR count). The molecule has 7 unspecified atom stereocenters. The molecule has 6 aromatic rings. The highest BCUT2D eigenvalue weighted by molar-refractivity contribution is 7.99. The van der Waals surface area contributed by atoms with Crippen molar-refractivity contribution in [2.24, 2.45) is 5.73 Å². The smallest absolute Gasteiger partial charge is 0.321 e. The van der Waals surface area contributed by atoms with Crippen LogP contribution >= 0.6 is 11.8 Å². The van der Waals surface area contributed by atoms with Gasteiger partial charge < -0.3 is 101 Å². The summed E-state index contributed by atoms with van der Waals surface area (Å²) in [4.78, 5) is 11.9. The number of aromatic hydroxyl groups is 11. The Balaban J connectivity index is 1.33. The van der Waals surface area contributed by atoms with Gasteiger partial charge in [0.2, 0.25) is 0 Å². The second-order valence-corrected chi connectivity index (χ2v) is 18.4. The number of rotatable bonds is 10. The Kier molecular flexibility index (Phi) is 12.2. The highest BCUT2D eigenvalue weighted by Gasteiger charge is 2.52. The van der Waals surface area contributed by atoms with Gasteiger partial charge in [-0.15, -0.1) is 11.8 Å².